The molecule has 1 heteroatoms. The third-order valence-corrected chi connectivity index (χ3v) is 9.02. The average molecular weight is 566 g/mol. The van der Waals surface area contributed by atoms with Crippen LogP contribution >= 0.6 is 0 Å². The second-order valence-corrected chi connectivity index (χ2v) is 11.7. The van der Waals surface area contributed by atoms with Crippen LogP contribution in [0.1, 0.15) is 36.1 Å². The van der Waals surface area contributed by atoms with E-state index in [-0.39, 0.29) is 5.41 Å². The fourth-order valence-corrected chi connectivity index (χ4v) is 6.81. The van der Waals surface area contributed by atoms with Crippen LogP contribution in [0.4, 0.5) is 11.4 Å². The molecule has 212 valence electrons. The lowest BCUT2D eigenvalue weighted by Gasteiger charge is -2.31. The van der Waals surface area contributed by atoms with Gasteiger partial charge < -0.3 is 4.90 Å². The van der Waals surface area contributed by atoms with Gasteiger partial charge in [0.15, 0.2) is 0 Å². The van der Waals surface area contributed by atoms with Crippen molar-refractivity contribution in [3.05, 3.63) is 198 Å². The lowest BCUT2D eigenvalue weighted by atomic mass is 9.74. The van der Waals surface area contributed by atoms with E-state index in [1.54, 1.807) is 0 Å². The van der Waals surface area contributed by atoms with Crippen LogP contribution in [-0.4, -0.2) is 0 Å². The van der Waals surface area contributed by atoms with Gasteiger partial charge in [-0.25, -0.2) is 0 Å². The number of fused-ring (bicyclic) bond motifs is 3. The summed E-state index contributed by atoms with van der Waals surface area (Å²) in [5.41, 5.74) is 14.1. The van der Waals surface area contributed by atoms with Crippen molar-refractivity contribution in [2.45, 2.75) is 19.3 Å². The van der Waals surface area contributed by atoms with Crippen LogP contribution in [0, 0.1) is 0 Å². The zero-order valence-electron chi connectivity index (χ0n) is 25.2. The standard InChI is InChI=1S/C43H35N/c1-31(33-16-7-4-8-17-33)30-32(2)44(37-28-26-35(27-29-37)34-18-9-5-10-19-34)41-25-15-24-40-42(41)38-22-13-14-23-39(38)43(40,3)36-20-11-6-12-21-36/h4-30H,1H2,2-3H3. The van der Waals surface area contributed by atoms with Crippen molar-refractivity contribution in [2.24, 2.45) is 0 Å². The molecule has 1 unspecified atom stereocenters. The van der Waals surface area contributed by atoms with E-state index in [1.165, 1.54) is 38.9 Å². The van der Waals surface area contributed by atoms with Crippen molar-refractivity contribution in [3.63, 3.8) is 0 Å². The zero-order valence-corrected chi connectivity index (χ0v) is 25.2. The Balaban J connectivity index is 1.43. The van der Waals surface area contributed by atoms with Gasteiger partial charge in [-0.15, -0.1) is 0 Å². The second-order valence-electron chi connectivity index (χ2n) is 11.7. The van der Waals surface area contributed by atoms with E-state index in [4.69, 9.17) is 0 Å². The normalized spacial score (nSPS) is 15.4. The first-order chi connectivity index (χ1) is 21.6. The molecule has 7 rings (SSSR count). The Morgan fingerprint density at radius 3 is 1.86 bits per heavy atom. The minimum absolute atomic E-state index is 0.267. The van der Waals surface area contributed by atoms with Crippen molar-refractivity contribution >= 4 is 16.9 Å². The van der Waals surface area contributed by atoms with Crippen LogP contribution in [0.3, 0.4) is 0 Å². The molecule has 1 nitrogen and oxygen atoms in total. The molecule has 1 aliphatic carbocycles. The summed E-state index contributed by atoms with van der Waals surface area (Å²) < 4.78 is 0. The highest BCUT2D eigenvalue weighted by Gasteiger charge is 2.42. The maximum Gasteiger partial charge on any atom is 0.0540 e. The first-order valence-electron chi connectivity index (χ1n) is 15.2. The molecule has 6 aromatic rings. The molecule has 0 heterocycles. The van der Waals surface area contributed by atoms with E-state index in [0.29, 0.717) is 0 Å². The van der Waals surface area contributed by atoms with E-state index in [1.807, 2.05) is 6.07 Å². The van der Waals surface area contributed by atoms with Gasteiger partial charge in [-0.1, -0.05) is 146 Å². The Kier molecular flexibility index (Phi) is 7.08. The van der Waals surface area contributed by atoms with Crippen molar-refractivity contribution in [1.82, 2.24) is 0 Å². The van der Waals surface area contributed by atoms with E-state index in [9.17, 15) is 0 Å². The number of anilines is 2. The summed E-state index contributed by atoms with van der Waals surface area (Å²) in [7, 11) is 0. The van der Waals surface area contributed by atoms with Crippen molar-refractivity contribution in [1.29, 1.82) is 0 Å². The average Bonchev–Trinajstić information content (AvgIpc) is 3.36. The number of hydrogen-bond donors (Lipinski definition) is 0. The minimum atomic E-state index is -0.267. The third kappa shape index (κ3) is 4.68. The van der Waals surface area contributed by atoms with Gasteiger partial charge in [-0.05, 0) is 82.6 Å². The van der Waals surface area contributed by atoms with Crippen LogP contribution in [-0.2, 0) is 5.41 Å². The molecular formula is C43H35N. The molecule has 0 spiro atoms. The quantitative estimate of drug-likeness (QED) is 0.174. The SMILES string of the molecule is C=C(C=C(C)N(c1ccc(-c2ccccc2)cc1)c1cccc2c1-c1ccccc1C2(C)c1ccccc1)c1ccccc1. The topological polar surface area (TPSA) is 3.24 Å². The predicted molar refractivity (Wildman–Crippen MR) is 187 cm³/mol. The van der Waals surface area contributed by atoms with Crippen LogP contribution < -0.4 is 4.90 Å². The zero-order chi connectivity index (χ0) is 30.1. The summed E-state index contributed by atoms with van der Waals surface area (Å²) in [5, 5.41) is 0. The highest BCUT2D eigenvalue weighted by molar-refractivity contribution is 5.94. The first-order valence-corrected chi connectivity index (χ1v) is 15.2. The van der Waals surface area contributed by atoms with Crippen LogP contribution in [0.25, 0.3) is 27.8 Å². The molecule has 1 aliphatic rings. The number of rotatable bonds is 7. The molecule has 0 saturated carbocycles. The Labute approximate surface area is 261 Å². The Morgan fingerprint density at radius 1 is 0.591 bits per heavy atom. The number of allylic oxidation sites excluding steroid dienone is 3. The van der Waals surface area contributed by atoms with Crippen molar-refractivity contribution in [3.8, 4) is 22.3 Å². The van der Waals surface area contributed by atoms with Gasteiger partial charge in [0, 0.05) is 22.4 Å². The largest absolute Gasteiger partial charge is 0.314 e. The third-order valence-electron chi connectivity index (χ3n) is 9.02. The van der Waals surface area contributed by atoms with E-state index in [0.717, 1.165) is 28.2 Å². The summed E-state index contributed by atoms with van der Waals surface area (Å²) in [6.45, 7) is 9.02. The van der Waals surface area contributed by atoms with Crippen LogP contribution in [0.5, 0.6) is 0 Å². The number of benzene rings is 6. The number of nitrogens with zero attached hydrogens (tertiary/aromatic N) is 1. The van der Waals surface area contributed by atoms with Gasteiger partial charge in [0.05, 0.1) is 5.69 Å². The summed E-state index contributed by atoms with van der Waals surface area (Å²) in [6.07, 6.45) is 2.21. The molecule has 0 amide bonds. The fourth-order valence-electron chi connectivity index (χ4n) is 6.81. The van der Waals surface area contributed by atoms with Crippen LogP contribution in [0.15, 0.2) is 176 Å². The van der Waals surface area contributed by atoms with E-state index in [2.05, 4.69) is 183 Å². The monoisotopic (exact) mass is 565 g/mol. The smallest absolute Gasteiger partial charge is 0.0540 e. The molecule has 0 saturated heterocycles. The molecule has 0 aliphatic heterocycles. The van der Waals surface area contributed by atoms with E-state index < -0.39 is 0 Å². The summed E-state index contributed by atoms with van der Waals surface area (Å²) in [4.78, 5) is 2.40. The molecule has 0 N–H and O–H groups in total. The highest BCUT2D eigenvalue weighted by atomic mass is 15.1. The molecular weight excluding hydrogens is 530 g/mol. The fraction of sp³-hybridized carbons (Fsp3) is 0.0698. The van der Waals surface area contributed by atoms with Crippen molar-refractivity contribution in [2.75, 3.05) is 4.90 Å². The number of hydrogen-bond acceptors (Lipinski definition) is 1. The lowest BCUT2D eigenvalue weighted by molar-refractivity contribution is 0.714. The maximum absolute atomic E-state index is 4.46. The molecule has 6 aromatic carbocycles. The van der Waals surface area contributed by atoms with Crippen molar-refractivity contribution < 1.29 is 0 Å². The van der Waals surface area contributed by atoms with Crippen LogP contribution in [0.2, 0.25) is 0 Å². The van der Waals surface area contributed by atoms with Gasteiger partial charge >= 0.3 is 0 Å². The van der Waals surface area contributed by atoms with Gasteiger partial charge in [0.1, 0.15) is 0 Å². The van der Waals surface area contributed by atoms with Gasteiger partial charge in [0.2, 0.25) is 0 Å². The molecule has 0 aromatic heterocycles. The molecule has 0 bridgehead atoms. The summed E-state index contributed by atoms with van der Waals surface area (Å²) in [5.74, 6) is 0. The summed E-state index contributed by atoms with van der Waals surface area (Å²) in [6, 6.07) is 56.5. The minimum Gasteiger partial charge on any atom is -0.314 e. The summed E-state index contributed by atoms with van der Waals surface area (Å²) >= 11 is 0. The highest BCUT2D eigenvalue weighted by Crippen LogP contribution is 2.56. The second kappa shape index (κ2) is 11.4. The van der Waals surface area contributed by atoms with Gasteiger partial charge in [-0.3, -0.25) is 0 Å². The molecule has 1 atom stereocenters. The predicted octanol–water partition coefficient (Wildman–Crippen LogP) is 11.4. The lowest BCUT2D eigenvalue weighted by Crippen LogP contribution is -2.22. The molecule has 0 fully saturated rings. The molecule has 0 radical (unpaired) electrons. The Morgan fingerprint density at radius 2 is 1.16 bits per heavy atom. The van der Waals surface area contributed by atoms with Gasteiger partial charge in [-0.2, -0.15) is 0 Å². The first kappa shape index (κ1) is 27.4. The van der Waals surface area contributed by atoms with Gasteiger partial charge in [0.25, 0.3) is 0 Å². The van der Waals surface area contributed by atoms with E-state index >= 15 is 0 Å². The Hall–Kier alpha value is -5.40. The Bertz CT molecular complexity index is 1970. The molecule has 44 heavy (non-hydrogen) atoms. The maximum atomic E-state index is 4.46.